The van der Waals surface area contributed by atoms with Crippen LogP contribution in [0.15, 0.2) is 35.2 Å². The van der Waals surface area contributed by atoms with Gasteiger partial charge in [-0.05, 0) is 44.0 Å². The lowest BCUT2D eigenvalue weighted by atomic mass is 10.1. The summed E-state index contributed by atoms with van der Waals surface area (Å²) < 4.78 is 26.9. The zero-order valence-corrected chi connectivity index (χ0v) is 13.1. The Morgan fingerprint density at radius 2 is 1.76 bits per heavy atom. The molecular formula is C16H17NO3S. The zero-order valence-electron chi connectivity index (χ0n) is 12.3. The molecule has 110 valence electrons. The molecule has 3 rings (SSSR count). The molecule has 0 aliphatic heterocycles. The van der Waals surface area contributed by atoms with Crippen LogP contribution in [0, 0.1) is 19.8 Å². The molecule has 1 aliphatic rings. The van der Waals surface area contributed by atoms with Crippen molar-refractivity contribution in [2.45, 2.75) is 32.1 Å². The SMILES string of the molecule is Cc1ccc(S(=O)(=O)n2c(C)cc3c2C(=O)C(C)C3)cc1. The van der Waals surface area contributed by atoms with Crippen LogP contribution in [0.5, 0.6) is 0 Å². The smallest absolute Gasteiger partial charge is 0.268 e. The Labute approximate surface area is 124 Å². The number of benzene rings is 1. The second-order valence-electron chi connectivity index (χ2n) is 5.71. The Bertz CT molecular complexity index is 829. The number of carbonyl (C=O) groups excluding carboxylic acids is 1. The maximum atomic E-state index is 12.8. The van der Waals surface area contributed by atoms with Crippen LogP contribution in [0.2, 0.25) is 0 Å². The predicted molar refractivity (Wildman–Crippen MR) is 80.1 cm³/mol. The van der Waals surface area contributed by atoms with Crippen LogP contribution in [-0.4, -0.2) is 18.2 Å². The summed E-state index contributed by atoms with van der Waals surface area (Å²) in [5.41, 5.74) is 2.75. The Hall–Kier alpha value is -1.88. The van der Waals surface area contributed by atoms with E-state index in [1.165, 1.54) is 3.97 Å². The fourth-order valence-corrected chi connectivity index (χ4v) is 4.45. The van der Waals surface area contributed by atoms with Gasteiger partial charge >= 0.3 is 0 Å². The van der Waals surface area contributed by atoms with Gasteiger partial charge in [-0.3, -0.25) is 4.79 Å². The molecule has 0 fully saturated rings. The van der Waals surface area contributed by atoms with E-state index in [1.807, 2.05) is 19.9 Å². The van der Waals surface area contributed by atoms with Gasteiger partial charge in [-0.25, -0.2) is 12.4 Å². The highest BCUT2D eigenvalue weighted by Gasteiger charge is 2.35. The normalized spacial score (nSPS) is 18.0. The third-order valence-corrected chi connectivity index (χ3v) is 5.80. The molecule has 1 aromatic carbocycles. The molecule has 0 saturated heterocycles. The van der Waals surface area contributed by atoms with Gasteiger partial charge in [0.2, 0.25) is 0 Å². The highest BCUT2D eigenvalue weighted by Crippen LogP contribution is 2.32. The Kier molecular flexibility index (Phi) is 3.06. The topological polar surface area (TPSA) is 56.1 Å². The van der Waals surface area contributed by atoms with Gasteiger partial charge in [-0.15, -0.1) is 0 Å². The summed E-state index contributed by atoms with van der Waals surface area (Å²) in [5.74, 6) is -0.233. The number of aromatic nitrogens is 1. The quantitative estimate of drug-likeness (QED) is 0.857. The number of nitrogens with zero attached hydrogens (tertiary/aromatic N) is 1. The standard InChI is InChI=1S/C16H17NO3S/c1-10-4-6-14(7-5-10)21(19,20)17-12(3)9-13-8-11(2)16(18)15(13)17/h4-7,9,11H,8H2,1-3H3. The van der Waals surface area contributed by atoms with Crippen LogP contribution < -0.4 is 0 Å². The second kappa shape index (κ2) is 4.56. The van der Waals surface area contributed by atoms with Gasteiger partial charge in [0.15, 0.2) is 5.78 Å². The van der Waals surface area contributed by atoms with Crippen LogP contribution in [0.4, 0.5) is 0 Å². The van der Waals surface area contributed by atoms with Crippen LogP contribution >= 0.6 is 0 Å². The van der Waals surface area contributed by atoms with E-state index in [-0.39, 0.29) is 16.6 Å². The fraction of sp³-hybridized carbons (Fsp3) is 0.312. The minimum absolute atomic E-state index is 0.0891. The highest BCUT2D eigenvalue weighted by atomic mass is 32.2. The van der Waals surface area contributed by atoms with Crippen LogP contribution in [0.1, 0.15) is 34.2 Å². The summed E-state index contributed by atoms with van der Waals surface area (Å²) in [7, 11) is -3.73. The molecular weight excluding hydrogens is 286 g/mol. The van der Waals surface area contributed by atoms with Crippen molar-refractivity contribution < 1.29 is 13.2 Å². The third kappa shape index (κ3) is 2.03. The summed E-state index contributed by atoms with van der Waals surface area (Å²) in [6, 6.07) is 8.49. The van der Waals surface area contributed by atoms with Gasteiger partial charge in [-0.2, -0.15) is 0 Å². The number of hydrogen-bond acceptors (Lipinski definition) is 3. The molecule has 1 aromatic heterocycles. The molecule has 2 aromatic rings. The van der Waals surface area contributed by atoms with Crippen LogP contribution in [-0.2, 0) is 16.4 Å². The molecule has 0 spiro atoms. The molecule has 0 N–H and O–H groups in total. The second-order valence-corrected chi connectivity index (χ2v) is 7.50. The first-order valence-corrected chi connectivity index (χ1v) is 8.34. The number of ketones is 1. The summed E-state index contributed by atoms with van der Waals surface area (Å²) in [4.78, 5) is 12.5. The summed E-state index contributed by atoms with van der Waals surface area (Å²) in [6.45, 7) is 5.46. The van der Waals surface area contributed by atoms with Crippen molar-refractivity contribution >= 4 is 15.8 Å². The molecule has 0 saturated carbocycles. The Morgan fingerprint density at radius 3 is 2.38 bits per heavy atom. The molecule has 0 bridgehead atoms. The third-order valence-electron chi connectivity index (χ3n) is 3.98. The first-order chi connectivity index (χ1) is 9.82. The molecule has 1 heterocycles. The maximum absolute atomic E-state index is 12.8. The van der Waals surface area contributed by atoms with E-state index in [2.05, 4.69) is 0 Å². The number of carbonyl (C=O) groups is 1. The van der Waals surface area contributed by atoms with E-state index >= 15 is 0 Å². The van der Waals surface area contributed by atoms with Crippen molar-refractivity contribution in [1.29, 1.82) is 0 Å². The lowest BCUT2D eigenvalue weighted by molar-refractivity contribution is 0.0940. The molecule has 4 nitrogen and oxygen atoms in total. The largest absolute Gasteiger partial charge is 0.292 e. The average molecular weight is 303 g/mol. The minimum Gasteiger partial charge on any atom is -0.292 e. The monoisotopic (exact) mass is 303 g/mol. The number of fused-ring (bicyclic) bond motifs is 1. The van der Waals surface area contributed by atoms with Crippen LogP contribution in [0.3, 0.4) is 0 Å². The van der Waals surface area contributed by atoms with Crippen molar-refractivity contribution in [1.82, 2.24) is 3.97 Å². The lowest BCUT2D eigenvalue weighted by Crippen LogP contribution is -2.20. The molecule has 1 atom stereocenters. The predicted octanol–water partition coefficient (Wildman–Crippen LogP) is 2.72. The van der Waals surface area contributed by atoms with Crippen molar-refractivity contribution in [2.75, 3.05) is 0 Å². The fourth-order valence-electron chi connectivity index (χ4n) is 2.88. The maximum Gasteiger partial charge on any atom is 0.268 e. The van der Waals surface area contributed by atoms with Crippen molar-refractivity contribution in [3.8, 4) is 0 Å². The van der Waals surface area contributed by atoms with E-state index in [1.54, 1.807) is 31.2 Å². The van der Waals surface area contributed by atoms with E-state index in [0.29, 0.717) is 17.8 Å². The van der Waals surface area contributed by atoms with E-state index < -0.39 is 10.0 Å². The minimum atomic E-state index is -3.73. The highest BCUT2D eigenvalue weighted by molar-refractivity contribution is 7.90. The van der Waals surface area contributed by atoms with Gasteiger partial charge in [0, 0.05) is 11.6 Å². The van der Waals surface area contributed by atoms with Gasteiger partial charge in [0.25, 0.3) is 10.0 Å². The molecule has 0 amide bonds. The zero-order chi connectivity index (χ0) is 15.4. The number of aryl methyl sites for hydroxylation is 2. The average Bonchev–Trinajstić information content (AvgIpc) is 2.87. The Balaban J connectivity index is 2.22. The molecule has 21 heavy (non-hydrogen) atoms. The number of rotatable bonds is 2. The molecule has 5 heteroatoms. The summed E-state index contributed by atoms with van der Waals surface area (Å²) in [6.07, 6.45) is 0.616. The summed E-state index contributed by atoms with van der Waals surface area (Å²) >= 11 is 0. The Morgan fingerprint density at radius 1 is 1.14 bits per heavy atom. The van der Waals surface area contributed by atoms with E-state index in [0.717, 1.165) is 11.1 Å². The first kappa shape index (κ1) is 14.1. The molecule has 1 unspecified atom stereocenters. The van der Waals surface area contributed by atoms with Crippen molar-refractivity contribution in [2.24, 2.45) is 5.92 Å². The van der Waals surface area contributed by atoms with Gasteiger partial charge in [0.1, 0.15) is 5.69 Å². The van der Waals surface area contributed by atoms with E-state index in [4.69, 9.17) is 0 Å². The van der Waals surface area contributed by atoms with Gasteiger partial charge < -0.3 is 0 Å². The van der Waals surface area contributed by atoms with Crippen LogP contribution in [0.25, 0.3) is 0 Å². The summed E-state index contributed by atoms with van der Waals surface area (Å²) in [5, 5.41) is 0. The lowest BCUT2D eigenvalue weighted by Gasteiger charge is -2.12. The van der Waals surface area contributed by atoms with Crippen molar-refractivity contribution in [3.63, 3.8) is 0 Å². The molecule has 1 aliphatic carbocycles. The van der Waals surface area contributed by atoms with E-state index in [9.17, 15) is 13.2 Å². The number of hydrogen-bond donors (Lipinski definition) is 0. The molecule has 0 radical (unpaired) electrons. The van der Waals surface area contributed by atoms with Gasteiger partial charge in [0.05, 0.1) is 4.90 Å². The van der Waals surface area contributed by atoms with Gasteiger partial charge in [-0.1, -0.05) is 24.6 Å². The van der Waals surface area contributed by atoms with Crippen molar-refractivity contribution in [3.05, 3.63) is 52.8 Å². The number of Topliss-reactive ketones (excluding diaryl/α,β-unsaturated/α-hetero) is 1. The first-order valence-electron chi connectivity index (χ1n) is 6.90.